The topological polar surface area (TPSA) is 56.0 Å². The normalized spacial score (nSPS) is 12.0. The molecule has 0 bridgehead atoms. The van der Waals surface area contributed by atoms with Gasteiger partial charge in [-0.3, -0.25) is 4.79 Å². The molecule has 0 spiro atoms. The third kappa shape index (κ3) is 4.53. The molecule has 0 saturated heterocycles. The van der Waals surface area contributed by atoms with Gasteiger partial charge in [-0.25, -0.2) is 0 Å². The largest absolute Gasteiger partial charge is 0.618 e. The van der Waals surface area contributed by atoms with Crippen LogP contribution in [0.3, 0.4) is 0 Å². The first-order valence-electron chi connectivity index (χ1n) is 6.52. The number of rotatable bonds is 5. The lowest BCUT2D eigenvalue weighted by Crippen LogP contribution is -2.31. The second-order valence-electron chi connectivity index (χ2n) is 4.61. The standard InChI is InChI=1S/C15H14Cl2N2O2S/c1-10(12-6-5-11(16)8-13(12)17)18-14(20)9-22-15-4-2-3-7-19(15)21/h2-8,10H,9H2,1H3,(H,18,20)/t10-/m1/s1. The molecule has 0 aliphatic heterocycles. The van der Waals surface area contributed by atoms with Crippen molar-refractivity contribution in [2.45, 2.75) is 18.0 Å². The molecule has 0 unspecified atom stereocenters. The predicted molar refractivity (Wildman–Crippen MR) is 89.1 cm³/mol. The second kappa shape index (κ2) is 7.72. The summed E-state index contributed by atoms with van der Waals surface area (Å²) in [5.74, 6) is -0.0192. The Balaban J connectivity index is 1.93. The van der Waals surface area contributed by atoms with Gasteiger partial charge in [0.1, 0.15) is 0 Å². The molecule has 1 aromatic heterocycles. The first kappa shape index (κ1) is 16.9. The van der Waals surface area contributed by atoms with Crippen molar-refractivity contribution in [2.75, 3.05) is 5.75 Å². The number of benzene rings is 1. The average Bonchev–Trinajstić information content (AvgIpc) is 2.46. The zero-order valence-corrected chi connectivity index (χ0v) is 14.1. The number of carbonyl (C=O) groups excluding carboxylic acids is 1. The summed E-state index contributed by atoms with van der Waals surface area (Å²) in [6.07, 6.45) is 1.40. The molecule has 4 nitrogen and oxygen atoms in total. The fourth-order valence-corrected chi connectivity index (χ4v) is 3.17. The van der Waals surface area contributed by atoms with Crippen LogP contribution in [0.1, 0.15) is 18.5 Å². The number of hydrogen-bond acceptors (Lipinski definition) is 3. The average molecular weight is 357 g/mol. The van der Waals surface area contributed by atoms with Crippen molar-refractivity contribution in [3.63, 3.8) is 0 Å². The molecule has 116 valence electrons. The molecule has 2 aromatic rings. The molecule has 1 amide bonds. The molecule has 1 aromatic carbocycles. The minimum absolute atomic E-state index is 0.155. The van der Waals surface area contributed by atoms with E-state index < -0.39 is 0 Å². The van der Waals surface area contributed by atoms with Crippen LogP contribution in [0, 0.1) is 5.21 Å². The Morgan fingerprint density at radius 1 is 1.36 bits per heavy atom. The van der Waals surface area contributed by atoms with E-state index in [4.69, 9.17) is 23.2 Å². The summed E-state index contributed by atoms with van der Waals surface area (Å²) in [4.78, 5) is 12.0. The van der Waals surface area contributed by atoms with Gasteiger partial charge in [0.2, 0.25) is 5.91 Å². The van der Waals surface area contributed by atoms with Gasteiger partial charge in [-0.15, -0.1) is 0 Å². The van der Waals surface area contributed by atoms with Crippen molar-refractivity contribution in [1.82, 2.24) is 5.32 Å². The summed E-state index contributed by atoms with van der Waals surface area (Å²) in [6, 6.07) is 9.97. The Morgan fingerprint density at radius 3 is 2.82 bits per heavy atom. The smallest absolute Gasteiger partial charge is 0.251 e. The zero-order chi connectivity index (χ0) is 16.1. The lowest BCUT2D eigenvalue weighted by Gasteiger charge is -2.15. The van der Waals surface area contributed by atoms with E-state index in [2.05, 4.69) is 5.32 Å². The molecule has 7 heteroatoms. The quantitative estimate of drug-likeness (QED) is 0.505. The summed E-state index contributed by atoms with van der Waals surface area (Å²) in [7, 11) is 0. The van der Waals surface area contributed by atoms with E-state index in [1.165, 1.54) is 18.0 Å². The maximum Gasteiger partial charge on any atom is 0.251 e. The van der Waals surface area contributed by atoms with Crippen LogP contribution < -0.4 is 10.0 Å². The lowest BCUT2D eigenvalue weighted by atomic mass is 10.1. The van der Waals surface area contributed by atoms with Crippen molar-refractivity contribution in [2.24, 2.45) is 0 Å². The van der Waals surface area contributed by atoms with Crippen molar-refractivity contribution >= 4 is 40.9 Å². The summed E-state index contributed by atoms with van der Waals surface area (Å²) in [6.45, 7) is 1.84. The van der Waals surface area contributed by atoms with E-state index in [9.17, 15) is 10.0 Å². The maximum absolute atomic E-state index is 12.0. The van der Waals surface area contributed by atoms with Gasteiger partial charge in [0.25, 0.3) is 5.03 Å². The third-order valence-electron chi connectivity index (χ3n) is 2.95. The Kier molecular flexibility index (Phi) is 5.94. The van der Waals surface area contributed by atoms with Crippen molar-refractivity contribution in [3.05, 3.63) is 63.4 Å². The van der Waals surface area contributed by atoms with Crippen LogP contribution in [0.4, 0.5) is 0 Å². The molecule has 0 aliphatic rings. The Hall–Kier alpha value is -1.43. The van der Waals surface area contributed by atoms with Crippen LogP contribution in [-0.4, -0.2) is 11.7 Å². The SMILES string of the molecule is C[C@@H](NC(=O)CSc1cccc[n+]1[O-])c1ccc(Cl)cc1Cl. The summed E-state index contributed by atoms with van der Waals surface area (Å²) < 4.78 is 0.734. The van der Waals surface area contributed by atoms with Gasteiger partial charge < -0.3 is 10.5 Å². The lowest BCUT2D eigenvalue weighted by molar-refractivity contribution is -0.645. The van der Waals surface area contributed by atoms with Crippen LogP contribution in [-0.2, 0) is 4.79 Å². The predicted octanol–water partition coefficient (Wildman–Crippen LogP) is 3.60. The van der Waals surface area contributed by atoms with E-state index in [1.807, 2.05) is 6.92 Å². The monoisotopic (exact) mass is 356 g/mol. The summed E-state index contributed by atoms with van der Waals surface area (Å²) in [5.41, 5.74) is 0.794. The molecule has 1 N–H and O–H groups in total. The van der Waals surface area contributed by atoms with Gasteiger partial charge in [-0.2, -0.15) is 4.73 Å². The summed E-state index contributed by atoms with van der Waals surface area (Å²) in [5, 5.41) is 15.9. The number of thioether (sulfide) groups is 1. The first-order valence-corrected chi connectivity index (χ1v) is 8.27. The highest BCUT2D eigenvalue weighted by Crippen LogP contribution is 2.26. The van der Waals surface area contributed by atoms with Crippen LogP contribution in [0.5, 0.6) is 0 Å². The number of hydrogen-bond donors (Lipinski definition) is 1. The summed E-state index contributed by atoms with van der Waals surface area (Å²) >= 11 is 13.2. The molecule has 2 rings (SSSR count). The minimum atomic E-state index is -0.243. The molecule has 1 atom stereocenters. The molecule has 0 radical (unpaired) electrons. The highest BCUT2D eigenvalue weighted by molar-refractivity contribution is 7.99. The third-order valence-corrected chi connectivity index (χ3v) is 4.53. The Bertz CT molecular complexity index is 682. The van der Waals surface area contributed by atoms with Gasteiger partial charge in [-0.05, 0) is 42.4 Å². The molecular weight excluding hydrogens is 343 g/mol. The Morgan fingerprint density at radius 2 is 2.14 bits per heavy atom. The van der Waals surface area contributed by atoms with Gasteiger partial charge in [0.15, 0.2) is 6.20 Å². The fourth-order valence-electron chi connectivity index (χ4n) is 1.88. The van der Waals surface area contributed by atoms with E-state index in [-0.39, 0.29) is 17.7 Å². The maximum atomic E-state index is 12.0. The van der Waals surface area contributed by atoms with Crippen LogP contribution >= 0.6 is 35.0 Å². The van der Waals surface area contributed by atoms with Gasteiger partial charge in [0.05, 0.1) is 11.8 Å². The van der Waals surface area contributed by atoms with E-state index >= 15 is 0 Å². The minimum Gasteiger partial charge on any atom is -0.618 e. The molecule has 0 aliphatic carbocycles. The number of amides is 1. The number of nitrogens with zero attached hydrogens (tertiary/aromatic N) is 1. The zero-order valence-electron chi connectivity index (χ0n) is 11.8. The molecule has 0 fully saturated rings. The van der Waals surface area contributed by atoms with Crippen molar-refractivity contribution in [1.29, 1.82) is 0 Å². The van der Waals surface area contributed by atoms with Crippen LogP contribution in [0.15, 0.2) is 47.6 Å². The van der Waals surface area contributed by atoms with Gasteiger partial charge >= 0.3 is 0 Å². The first-order chi connectivity index (χ1) is 10.5. The van der Waals surface area contributed by atoms with Crippen LogP contribution in [0.2, 0.25) is 10.0 Å². The number of nitrogens with one attached hydrogen (secondary N) is 1. The van der Waals surface area contributed by atoms with E-state index in [0.29, 0.717) is 15.1 Å². The number of pyridine rings is 1. The number of carbonyl (C=O) groups is 1. The van der Waals surface area contributed by atoms with Gasteiger partial charge in [0, 0.05) is 22.2 Å². The number of aromatic nitrogens is 1. The van der Waals surface area contributed by atoms with Crippen LogP contribution in [0.25, 0.3) is 0 Å². The molecule has 22 heavy (non-hydrogen) atoms. The fraction of sp³-hybridized carbons (Fsp3) is 0.200. The Labute approximate surface area is 143 Å². The van der Waals surface area contributed by atoms with E-state index in [0.717, 1.165) is 10.3 Å². The van der Waals surface area contributed by atoms with E-state index in [1.54, 1.807) is 36.4 Å². The second-order valence-corrected chi connectivity index (χ2v) is 6.45. The molecular formula is C15H14Cl2N2O2S. The van der Waals surface area contributed by atoms with Gasteiger partial charge in [-0.1, -0.05) is 29.3 Å². The number of halogens is 2. The highest BCUT2D eigenvalue weighted by atomic mass is 35.5. The molecule has 0 saturated carbocycles. The molecule has 1 heterocycles. The van der Waals surface area contributed by atoms with Crippen molar-refractivity contribution in [3.8, 4) is 0 Å². The highest BCUT2D eigenvalue weighted by Gasteiger charge is 2.14. The van der Waals surface area contributed by atoms with Crippen molar-refractivity contribution < 1.29 is 9.52 Å².